The van der Waals surface area contributed by atoms with Gasteiger partial charge in [0.1, 0.15) is 0 Å². The van der Waals surface area contributed by atoms with Crippen LogP contribution in [0.15, 0.2) is 24.4 Å². The third kappa shape index (κ3) is 2.33. The van der Waals surface area contributed by atoms with Crippen LogP contribution in [0.5, 0.6) is 0 Å². The second kappa shape index (κ2) is 5.01. The van der Waals surface area contributed by atoms with Gasteiger partial charge in [0, 0.05) is 24.0 Å². The number of hydrogen-bond acceptors (Lipinski definition) is 3. The molecule has 0 aliphatic carbocycles. The van der Waals surface area contributed by atoms with Crippen LogP contribution >= 0.6 is 0 Å². The molecule has 2 N–H and O–H groups in total. The van der Waals surface area contributed by atoms with Crippen LogP contribution in [0, 0.1) is 0 Å². The van der Waals surface area contributed by atoms with Crippen molar-refractivity contribution in [3.63, 3.8) is 0 Å². The van der Waals surface area contributed by atoms with Gasteiger partial charge in [0.05, 0.1) is 11.7 Å². The molecule has 1 aromatic heterocycles. The monoisotopic (exact) mass is 258 g/mol. The van der Waals surface area contributed by atoms with Crippen LogP contribution in [0.3, 0.4) is 0 Å². The van der Waals surface area contributed by atoms with Crippen molar-refractivity contribution in [3.05, 3.63) is 30.0 Å². The molecule has 1 aliphatic rings. The number of piperidine rings is 1. The van der Waals surface area contributed by atoms with Gasteiger partial charge in [0.25, 0.3) is 5.91 Å². The Morgan fingerprint density at radius 2 is 2.16 bits per heavy atom. The van der Waals surface area contributed by atoms with Gasteiger partial charge in [-0.25, -0.2) is 0 Å². The maximum atomic E-state index is 12.5. The Labute approximate surface area is 112 Å². The van der Waals surface area contributed by atoms with E-state index < -0.39 is 0 Å². The number of nitrogens with zero attached hydrogens (tertiary/aromatic N) is 2. The van der Waals surface area contributed by atoms with E-state index in [1.807, 2.05) is 30.1 Å². The highest BCUT2D eigenvalue weighted by atomic mass is 16.2. The molecule has 0 radical (unpaired) electrons. The Hall–Kier alpha value is -1.88. The highest BCUT2D eigenvalue weighted by molar-refractivity contribution is 5.97. The smallest absolute Gasteiger partial charge is 0.253 e. The largest absolute Gasteiger partial charge is 0.339 e. The lowest BCUT2D eigenvalue weighted by atomic mass is 10.0. The number of rotatable bonds is 2. The van der Waals surface area contributed by atoms with Crippen molar-refractivity contribution in [2.75, 3.05) is 20.1 Å². The number of carbonyl (C=O) groups excluding carboxylic acids is 1. The van der Waals surface area contributed by atoms with Crippen LogP contribution in [0.2, 0.25) is 0 Å². The van der Waals surface area contributed by atoms with Gasteiger partial charge in [-0.3, -0.25) is 9.89 Å². The van der Waals surface area contributed by atoms with E-state index in [0.717, 1.165) is 42.4 Å². The minimum Gasteiger partial charge on any atom is -0.339 e. The van der Waals surface area contributed by atoms with Crippen molar-refractivity contribution in [1.29, 1.82) is 0 Å². The van der Waals surface area contributed by atoms with Crippen molar-refractivity contribution in [2.24, 2.45) is 0 Å². The molecule has 100 valence electrons. The third-order valence-corrected chi connectivity index (χ3v) is 3.87. The summed E-state index contributed by atoms with van der Waals surface area (Å²) >= 11 is 0. The quantitative estimate of drug-likeness (QED) is 0.855. The summed E-state index contributed by atoms with van der Waals surface area (Å²) in [4.78, 5) is 14.4. The lowest BCUT2D eigenvalue weighted by molar-refractivity contribution is 0.0703. The standard InChI is InChI=1S/C14H18N4O/c1-18(12-4-6-15-7-5-12)14(19)10-2-3-11-9-16-17-13(11)8-10/h2-3,8-9,12,15H,4-7H2,1H3,(H,16,17). The fourth-order valence-corrected chi connectivity index (χ4v) is 2.63. The minimum atomic E-state index is 0.0865. The summed E-state index contributed by atoms with van der Waals surface area (Å²) in [7, 11) is 1.90. The first-order valence-electron chi connectivity index (χ1n) is 6.67. The first kappa shape index (κ1) is 12.2. The zero-order valence-electron chi connectivity index (χ0n) is 11.0. The first-order chi connectivity index (χ1) is 9.25. The predicted octanol–water partition coefficient (Wildman–Crippen LogP) is 1.39. The number of amides is 1. The molecule has 1 fully saturated rings. The van der Waals surface area contributed by atoms with Crippen molar-refractivity contribution >= 4 is 16.8 Å². The van der Waals surface area contributed by atoms with Gasteiger partial charge in [0.15, 0.2) is 0 Å². The van der Waals surface area contributed by atoms with Gasteiger partial charge in [-0.05, 0) is 38.1 Å². The van der Waals surface area contributed by atoms with Crippen LogP contribution in [0.1, 0.15) is 23.2 Å². The number of H-pyrrole nitrogens is 1. The lowest BCUT2D eigenvalue weighted by Crippen LogP contribution is -2.43. The average molecular weight is 258 g/mol. The van der Waals surface area contributed by atoms with E-state index in [1.165, 1.54) is 0 Å². The normalized spacial score (nSPS) is 16.7. The molecule has 0 atom stereocenters. The van der Waals surface area contributed by atoms with Crippen LogP contribution in [-0.4, -0.2) is 47.2 Å². The molecule has 0 bridgehead atoms. The topological polar surface area (TPSA) is 61.0 Å². The van der Waals surface area contributed by atoms with E-state index in [9.17, 15) is 4.79 Å². The highest BCUT2D eigenvalue weighted by Crippen LogP contribution is 2.17. The van der Waals surface area contributed by atoms with Gasteiger partial charge in [0.2, 0.25) is 0 Å². The molecule has 5 heteroatoms. The molecule has 1 amide bonds. The SMILES string of the molecule is CN(C(=O)c1ccc2cn[nH]c2c1)C1CCNCC1. The van der Waals surface area contributed by atoms with E-state index >= 15 is 0 Å². The zero-order valence-corrected chi connectivity index (χ0v) is 11.0. The zero-order chi connectivity index (χ0) is 13.2. The van der Waals surface area contributed by atoms with Crippen molar-refractivity contribution in [3.8, 4) is 0 Å². The van der Waals surface area contributed by atoms with E-state index in [4.69, 9.17) is 0 Å². The van der Waals surface area contributed by atoms with Crippen LogP contribution in [-0.2, 0) is 0 Å². The summed E-state index contributed by atoms with van der Waals surface area (Å²) in [6.45, 7) is 1.98. The Morgan fingerprint density at radius 1 is 1.37 bits per heavy atom. The van der Waals surface area contributed by atoms with Gasteiger partial charge in [-0.1, -0.05) is 6.07 Å². The number of aromatic amines is 1. The van der Waals surface area contributed by atoms with E-state index in [0.29, 0.717) is 6.04 Å². The van der Waals surface area contributed by atoms with Crippen LogP contribution in [0.25, 0.3) is 10.9 Å². The second-order valence-corrected chi connectivity index (χ2v) is 5.07. The van der Waals surface area contributed by atoms with Crippen molar-refractivity contribution in [1.82, 2.24) is 20.4 Å². The van der Waals surface area contributed by atoms with Gasteiger partial charge >= 0.3 is 0 Å². The van der Waals surface area contributed by atoms with Gasteiger partial charge < -0.3 is 10.2 Å². The second-order valence-electron chi connectivity index (χ2n) is 5.07. The molecule has 3 rings (SSSR count). The molecule has 5 nitrogen and oxygen atoms in total. The average Bonchev–Trinajstić information content (AvgIpc) is 2.94. The summed E-state index contributed by atoms with van der Waals surface area (Å²) in [6.07, 6.45) is 3.81. The Balaban J connectivity index is 1.81. The molecule has 1 aromatic carbocycles. The molecule has 0 spiro atoms. The Bertz CT molecular complexity index is 586. The molecule has 2 aromatic rings. The van der Waals surface area contributed by atoms with E-state index in [-0.39, 0.29) is 5.91 Å². The highest BCUT2D eigenvalue weighted by Gasteiger charge is 2.22. The van der Waals surface area contributed by atoms with Gasteiger partial charge in [-0.2, -0.15) is 5.10 Å². The molecular weight excluding hydrogens is 240 g/mol. The predicted molar refractivity (Wildman–Crippen MR) is 74.1 cm³/mol. The molecule has 1 saturated heterocycles. The molecule has 0 saturated carbocycles. The Morgan fingerprint density at radius 3 is 2.95 bits per heavy atom. The van der Waals surface area contributed by atoms with E-state index in [1.54, 1.807) is 6.20 Å². The maximum absolute atomic E-state index is 12.5. The van der Waals surface area contributed by atoms with Crippen LogP contribution < -0.4 is 5.32 Å². The van der Waals surface area contributed by atoms with E-state index in [2.05, 4.69) is 15.5 Å². The molecule has 1 aliphatic heterocycles. The molecule has 0 unspecified atom stereocenters. The molecule has 19 heavy (non-hydrogen) atoms. The molecular formula is C14H18N4O. The van der Waals surface area contributed by atoms with Crippen molar-refractivity contribution < 1.29 is 4.79 Å². The number of carbonyl (C=O) groups is 1. The fourth-order valence-electron chi connectivity index (χ4n) is 2.63. The van der Waals surface area contributed by atoms with Gasteiger partial charge in [-0.15, -0.1) is 0 Å². The molecule has 2 heterocycles. The summed E-state index contributed by atoms with van der Waals surface area (Å²) in [5.41, 5.74) is 1.63. The summed E-state index contributed by atoms with van der Waals surface area (Å²) in [5.74, 6) is 0.0865. The summed E-state index contributed by atoms with van der Waals surface area (Å²) in [5, 5.41) is 11.2. The van der Waals surface area contributed by atoms with Crippen molar-refractivity contribution in [2.45, 2.75) is 18.9 Å². The summed E-state index contributed by atoms with van der Waals surface area (Å²) in [6, 6.07) is 6.02. The number of benzene rings is 1. The lowest BCUT2D eigenvalue weighted by Gasteiger charge is -2.31. The van der Waals surface area contributed by atoms with Crippen LogP contribution in [0.4, 0.5) is 0 Å². The third-order valence-electron chi connectivity index (χ3n) is 3.87. The number of hydrogen-bond donors (Lipinski definition) is 2. The summed E-state index contributed by atoms with van der Waals surface area (Å²) < 4.78 is 0. The number of fused-ring (bicyclic) bond motifs is 1. The minimum absolute atomic E-state index is 0.0865. The maximum Gasteiger partial charge on any atom is 0.253 e. The first-order valence-corrected chi connectivity index (χ1v) is 6.67. The Kier molecular flexibility index (Phi) is 3.21. The number of aromatic nitrogens is 2. The fraction of sp³-hybridized carbons (Fsp3) is 0.429. The number of nitrogens with one attached hydrogen (secondary N) is 2.